The number of fused-ring (bicyclic) bond motifs is 1. The highest BCUT2D eigenvalue weighted by molar-refractivity contribution is 5.78. The minimum absolute atomic E-state index is 0.133. The average molecular weight is 339 g/mol. The van der Waals surface area contributed by atoms with Crippen LogP contribution in [0.1, 0.15) is 29.2 Å². The van der Waals surface area contributed by atoms with Crippen molar-refractivity contribution in [2.24, 2.45) is 10.7 Å². The molecule has 0 amide bonds. The molecule has 1 aliphatic heterocycles. The van der Waals surface area contributed by atoms with Crippen molar-refractivity contribution < 1.29 is 9.47 Å². The summed E-state index contributed by atoms with van der Waals surface area (Å²) in [6.07, 6.45) is 0.867. The number of nitrogens with one attached hydrogen (secondary N) is 1. The fourth-order valence-corrected chi connectivity index (χ4v) is 3.06. The van der Waals surface area contributed by atoms with Crippen LogP contribution in [0, 0.1) is 13.8 Å². The van der Waals surface area contributed by atoms with E-state index in [9.17, 15) is 0 Å². The molecule has 1 heterocycles. The molecule has 132 valence electrons. The molecular formula is C20H25N3O2. The van der Waals surface area contributed by atoms with E-state index in [1.165, 1.54) is 0 Å². The van der Waals surface area contributed by atoms with Gasteiger partial charge in [0.25, 0.3) is 0 Å². The van der Waals surface area contributed by atoms with E-state index in [2.05, 4.69) is 16.4 Å². The SMILES string of the molecule is Cc1cccc(C)c1OCCN=C(N)NC1CCOc2ccccc21. The van der Waals surface area contributed by atoms with Gasteiger partial charge in [0.15, 0.2) is 5.96 Å². The summed E-state index contributed by atoms with van der Waals surface area (Å²) in [6, 6.07) is 14.3. The maximum absolute atomic E-state index is 6.04. The van der Waals surface area contributed by atoms with E-state index >= 15 is 0 Å². The third-order valence-corrected chi connectivity index (χ3v) is 4.31. The summed E-state index contributed by atoms with van der Waals surface area (Å²) in [5, 5.41) is 3.29. The van der Waals surface area contributed by atoms with Crippen LogP contribution < -0.4 is 20.5 Å². The van der Waals surface area contributed by atoms with Crippen molar-refractivity contribution >= 4 is 5.96 Å². The van der Waals surface area contributed by atoms with Gasteiger partial charge in [0.2, 0.25) is 0 Å². The maximum Gasteiger partial charge on any atom is 0.189 e. The Morgan fingerprint density at radius 3 is 2.76 bits per heavy atom. The molecule has 2 aromatic rings. The first-order valence-corrected chi connectivity index (χ1v) is 8.62. The molecule has 25 heavy (non-hydrogen) atoms. The van der Waals surface area contributed by atoms with E-state index < -0.39 is 0 Å². The number of ether oxygens (including phenoxy) is 2. The summed E-state index contributed by atoms with van der Waals surface area (Å²) in [5.74, 6) is 2.28. The number of para-hydroxylation sites is 2. The largest absolute Gasteiger partial charge is 0.493 e. The number of aliphatic imine (C=N–C) groups is 1. The first-order valence-electron chi connectivity index (χ1n) is 8.62. The summed E-state index contributed by atoms with van der Waals surface area (Å²) < 4.78 is 11.5. The minimum atomic E-state index is 0.133. The van der Waals surface area contributed by atoms with Crippen molar-refractivity contribution in [3.63, 3.8) is 0 Å². The van der Waals surface area contributed by atoms with Crippen LogP contribution in [0.2, 0.25) is 0 Å². The third-order valence-electron chi connectivity index (χ3n) is 4.31. The van der Waals surface area contributed by atoms with Gasteiger partial charge < -0.3 is 20.5 Å². The predicted molar refractivity (Wildman–Crippen MR) is 100 cm³/mol. The Bertz CT molecular complexity index is 738. The molecule has 0 fully saturated rings. The molecule has 0 radical (unpaired) electrons. The molecule has 0 saturated carbocycles. The van der Waals surface area contributed by atoms with E-state index in [1.54, 1.807) is 0 Å². The van der Waals surface area contributed by atoms with Gasteiger partial charge in [0.1, 0.15) is 18.1 Å². The number of hydrogen-bond acceptors (Lipinski definition) is 3. The third kappa shape index (κ3) is 4.24. The monoisotopic (exact) mass is 339 g/mol. The zero-order chi connectivity index (χ0) is 17.6. The molecule has 1 unspecified atom stereocenters. The molecule has 1 atom stereocenters. The smallest absolute Gasteiger partial charge is 0.189 e. The molecule has 0 saturated heterocycles. The van der Waals surface area contributed by atoms with Crippen molar-refractivity contribution in [2.45, 2.75) is 26.3 Å². The summed E-state index contributed by atoms with van der Waals surface area (Å²) in [7, 11) is 0. The van der Waals surface area contributed by atoms with Crippen LogP contribution in [-0.2, 0) is 0 Å². The summed E-state index contributed by atoms with van der Waals surface area (Å²) in [5.41, 5.74) is 9.43. The highest BCUT2D eigenvalue weighted by atomic mass is 16.5. The van der Waals surface area contributed by atoms with Gasteiger partial charge in [0, 0.05) is 12.0 Å². The van der Waals surface area contributed by atoms with Crippen LogP contribution >= 0.6 is 0 Å². The van der Waals surface area contributed by atoms with E-state index in [4.69, 9.17) is 15.2 Å². The Kier molecular flexibility index (Phi) is 5.43. The maximum atomic E-state index is 6.04. The minimum Gasteiger partial charge on any atom is -0.493 e. The number of nitrogens with zero attached hydrogens (tertiary/aromatic N) is 1. The number of nitrogens with two attached hydrogens (primary N) is 1. The van der Waals surface area contributed by atoms with E-state index in [-0.39, 0.29) is 6.04 Å². The Morgan fingerprint density at radius 2 is 1.96 bits per heavy atom. The van der Waals surface area contributed by atoms with Gasteiger partial charge in [-0.25, -0.2) is 4.99 Å². The van der Waals surface area contributed by atoms with Crippen molar-refractivity contribution in [1.82, 2.24) is 5.32 Å². The molecule has 5 nitrogen and oxygen atoms in total. The van der Waals surface area contributed by atoms with Gasteiger partial charge >= 0.3 is 0 Å². The Hall–Kier alpha value is -2.69. The molecule has 3 rings (SSSR count). The van der Waals surface area contributed by atoms with Gasteiger partial charge in [-0.1, -0.05) is 36.4 Å². The number of rotatable bonds is 5. The van der Waals surface area contributed by atoms with Gasteiger partial charge in [0.05, 0.1) is 19.2 Å². The molecule has 0 aliphatic carbocycles. The quantitative estimate of drug-likeness (QED) is 0.499. The Morgan fingerprint density at radius 1 is 1.20 bits per heavy atom. The Balaban J connectivity index is 1.53. The van der Waals surface area contributed by atoms with Crippen molar-refractivity contribution in [2.75, 3.05) is 19.8 Å². The lowest BCUT2D eigenvalue weighted by molar-refractivity contribution is 0.262. The molecule has 5 heteroatoms. The normalized spacial score (nSPS) is 16.7. The number of hydrogen-bond donors (Lipinski definition) is 2. The van der Waals surface area contributed by atoms with E-state index in [0.717, 1.165) is 34.6 Å². The van der Waals surface area contributed by atoms with Crippen LogP contribution in [0.25, 0.3) is 0 Å². The molecule has 0 spiro atoms. The van der Waals surface area contributed by atoms with Crippen LogP contribution in [0.3, 0.4) is 0 Å². The highest BCUT2D eigenvalue weighted by Gasteiger charge is 2.21. The molecule has 2 aromatic carbocycles. The van der Waals surface area contributed by atoms with Crippen molar-refractivity contribution in [3.8, 4) is 11.5 Å². The second kappa shape index (κ2) is 7.92. The van der Waals surface area contributed by atoms with Gasteiger partial charge in [-0.05, 0) is 31.0 Å². The van der Waals surface area contributed by atoms with Crippen molar-refractivity contribution in [3.05, 3.63) is 59.2 Å². The summed E-state index contributed by atoms with van der Waals surface area (Å²) in [4.78, 5) is 4.38. The number of aryl methyl sites for hydroxylation is 2. The van der Waals surface area contributed by atoms with Crippen LogP contribution in [0.5, 0.6) is 11.5 Å². The first-order chi connectivity index (χ1) is 12.1. The van der Waals surface area contributed by atoms with Crippen LogP contribution in [0.4, 0.5) is 0 Å². The fraction of sp³-hybridized carbons (Fsp3) is 0.350. The van der Waals surface area contributed by atoms with Gasteiger partial charge in [-0.3, -0.25) is 0 Å². The van der Waals surface area contributed by atoms with E-state index in [0.29, 0.717) is 25.7 Å². The standard InChI is InChI=1S/C20H25N3O2/c1-14-6-5-7-15(2)19(14)25-13-11-22-20(21)23-17-10-12-24-18-9-4-3-8-16(17)18/h3-9,17H,10-13H2,1-2H3,(H3,21,22,23). The lowest BCUT2D eigenvalue weighted by Crippen LogP contribution is -2.37. The molecule has 0 aromatic heterocycles. The zero-order valence-corrected chi connectivity index (χ0v) is 14.8. The van der Waals surface area contributed by atoms with Gasteiger partial charge in [-0.15, -0.1) is 0 Å². The van der Waals surface area contributed by atoms with Gasteiger partial charge in [-0.2, -0.15) is 0 Å². The van der Waals surface area contributed by atoms with E-state index in [1.807, 2.05) is 50.2 Å². The predicted octanol–water partition coefficient (Wildman–Crippen LogP) is 3.11. The lowest BCUT2D eigenvalue weighted by atomic mass is 10.0. The first kappa shape index (κ1) is 17.1. The Labute approximate surface area is 148 Å². The lowest BCUT2D eigenvalue weighted by Gasteiger charge is -2.26. The molecule has 3 N–H and O–H groups in total. The molecule has 1 aliphatic rings. The second-order valence-corrected chi connectivity index (χ2v) is 6.21. The van der Waals surface area contributed by atoms with Crippen LogP contribution in [-0.4, -0.2) is 25.7 Å². The highest BCUT2D eigenvalue weighted by Crippen LogP contribution is 2.31. The zero-order valence-electron chi connectivity index (χ0n) is 14.8. The number of benzene rings is 2. The molecule has 0 bridgehead atoms. The fourth-order valence-electron chi connectivity index (χ4n) is 3.06. The number of guanidine groups is 1. The second-order valence-electron chi connectivity index (χ2n) is 6.21. The summed E-state index contributed by atoms with van der Waals surface area (Å²) in [6.45, 7) is 5.78. The van der Waals surface area contributed by atoms with Crippen LogP contribution in [0.15, 0.2) is 47.5 Å². The summed E-state index contributed by atoms with van der Waals surface area (Å²) >= 11 is 0. The topological polar surface area (TPSA) is 68.9 Å². The van der Waals surface area contributed by atoms with Crippen molar-refractivity contribution in [1.29, 1.82) is 0 Å². The average Bonchev–Trinajstić information content (AvgIpc) is 2.61. The molecular weight excluding hydrogens is 314 g/mol.